The third-order valence-corrected chi connectivity index (χ3v) is 7.59. The predicted octanol–water partition coefficient (Wildman–Crippen LogP) is 4.85. The maximum absolute atomic E-state index is 13.4. The van der Waals surface area contributed by atoms with E-state index in [0.717, 1.165) is 34.0 Å². The topological polar surface area (TPSA) is 78.7 Å². The van der Waals surface area contributed by atoms with Gasteiger partial charge in [-0.2, -0.15) is 5.26 Å². The van der Waals surface area contributed by atoms with Gasteiger partial charge in [0.05, 0.1) is 43.0 Å². The van der Waals surface area contributed by atoms with Crippen LogP contribution < -0.4 is 9.64 Å². The van der Waals surface area contributed by atoms with Gasteiger partial charge in [0.1, 0.15) is 17.6 Å². The second-order valence-electron chi connectivity index (χ2n) is 11.5. The lowest BCUT2D eigenvalue weighted by atomic mass is 9.86. The molecule has 1 unspecified atom stereocenters. The van der Waals surface area contributed by atoms with Crippen LogP contribution in [-0.4, -0.2) is 54.2 Å². The van der Waals surface area contributed by atoms with Gasteiger partial charge in [0.2, 0.25) is 5.91 Å². The number of rotatable bonds is 6. The lowest BCUT2D eigenvalue weighted by Gasteiger charge is -2.45. The molecule has 1 aromatic heterocycles. The lowest BCUT2D eigenvalue weighted by Crippen LogP contribution is -2.58. The molecule has 37 heavy (non-hydrogen) atoms. The number of amides is 1. The summed E-state index contributed by atoms with van der Waals surface area (Å²) in [4.78, 5) is 22.8. The number of carbonyl (C=O) groups excluding carboxylic acids is 1. The Morgan fingerprint density at radius 2 is 2.00 bits per heavy atom. The fraction of sp³-hybridized carbons (Fsp3) is 0.567. The summed E-state index contributed by atoms with van der Waals surface area (Å²) in [5.74, 6) is 2.11. The molecule has 0 N–H and O–H groups in total. The molecule has 1 aromatic carbocycles. The van der Waals surface area contributed by atoms with Gasteiger partial charge < -0.3 is 19.3 Å². The molecule has 2 aliphatic rings. The van der Waals surface area contributed by atoms with Gasteiger partial charge in [0.15, 0.2) is 0 Å². The quantitative estimate of drug-likeness (QED) is 0.560. The zero-order valence-corrected chi connectivity index (χ0v) is 23.3. The van der Waals surface area contributed by atoms with E-state index in [2.05, 4.69) is 52.5 Å². The molecule has 1 atom stereocenters. The number of hydrogen-bond acceptors (Lipinski definition) is 6. The molecule has 0 radical (unpaired) electrons. The SMILES string of the molecule is COc1cccc(CC(=O)N2CCN(c3nc(C(C)C)c4c(c3C#N)CC(C)(C)OC4)CC2C(C)C)c1. The molecule has 0 bridgehead atoms. The molecule has 1 amide bonds. The molecule has 1 fully saturated rings. The van der Waals surface area contributed by atoms with Crippen LogP contribution in [0.5, 0.6) is 5.75 Å². The molecule has 0 saturated carbocycles. The number of nitriles is 1. The van der Waals surface area contributed by atoms with Crippen molar-refractivity contribution in [2.45, 2.75) is 78.6 Å². The van der Waals surface area contributed by atoms with Crippen molar-refractivity contribution in [1.29, 1.82) is 5.26 Å². The van der Waals surface area contributed by atoms with Crippen LogP contribution in [0.2, 0.25) is 0 Å². The zero-order chi connectivity index (χ0) is 26.9. The van der Waals surface area contributed by atoms with Crippen LogP contribution in [0.4, 0.5) is 5.82 Å². The maximum Gasteiger partial charge on any atom is 0.227 e. The van der Waals surface area contributed by atoms with Gasteiger partial charge in [-0.05, 0) is 48.9 Å². The van der Waals surface area contributed by atoms with Crippen molar-refractivity contribution in [2.24, 2.45) is 5.92 Å². The number of aromatic nitrogens is 1. The Bertz CT molecular complexity index is 1200. The van der Waals surface area contributed by atoms with Crippen LogP contribution in [0.25, 0.3) is 0 Å². The number of fused-ring (bicyclic) bond motifs is 1. The highest BCUT2D eigenvalue weighted by molar-refractivity contribution is 5.79. The summed E-state index contributed by atoms with van der Waals surface area (Å²) in [5, 5.41) is 10.3. The van der Waals surface area contributed by atoms with Crippen LogP contribution in [0.3, 0.4) is 0 Å². The minimum atomic E-state index is -0.322. The van der Waals surface area contributed by atoms with Gasteiger partial charge in [-0.25, -0.2) is 4.98 Å². The van der Waals surface area contributed by atoms with Crippen LogP contribution in [0.15, 0.2) is 24.3 Å². The molecule has 3 heterocycles. The van der Waals surface area contributed by atoms with E-state index in [1.165, 1.54) is 0 Å². The predicted molar refractivity (Wildman–Crippen MR) is 145 cm³/mol. The number of ether oxygens (including phenoxy) is 2. The van der Waals surface area contributed by atoms with E-state index in [0.29, 0.717) is 44.6 Å². The van der Waals surface area contributed by atoms with Crippen LogP contribution >= 0.6 is 0 Å². The van der Waals surface area contributed by atoms with E-state index in [4.69, 9.17) is 14.5 Å². The van der Waals surface area contributed by atoms with Gasteiger partial charge in [0, 0.05) is 31.6 Å². The summed E-state index contributed by atoms with van der Waals surface area (Å²) in [7, 11) is 1.64. The Morgan fingerprint density at radius 3 is 2.65 bits per heavy atom. The minimum absolute atomic E-state index is 0.0264. The zero-order valence-electron chi connectivity index (χ0n) is 23.3. The first-order chi connectivity index (χ1) is 17.5. The number of piperazine rings is 1. The highest BCUT2D eigenvalue weighted by Crippen LogP contribution is 2.38. The van der Waals surface area contributed by atoms with Crippen molar-refractivity contribution in [3.8, 4) is 11.8 Å². The molecule has 2 aromatic rings. The summed E-state index contributed by atoms with van der Waals surface area (Å²) in [6.45, 7) is 15.1. The highest BCUT2D eigenvalue weighted by atomic mass is 16.5. The largest absolute Gasteiger partial charge is 0.497 e. The number of pyridine rings is 1. The Hall–Kier alpha value is -3.11. The van der Waals surface area contributed by atoms with Crippen molar-refractivity contribution in [2.75, 3.05) is 31.6 Å². The summed E-state index contributed by atoms with van der Waals surface area (Å²) < 4.78 is 11.4. The standard InChI is InChI=1S/C30H40N4O3/c1-19(2)26-17-33(11-12-34(26)27(35)14-21-9-8-10-22(13-21)36-7)29-24(16-31)23-15-30(5,6)37-18-25(23)28(32-29)20(3)4/h8-10,13,19-20,26H,11-12,14-15,17-18H2,1-7H3. The third-order valence-electron chi connectivity index (χ3n) is 7.59. The molecule has 7 nitrogen and oxygen atoms in total. The first-order valence-electron chi connectivity index (χ1n) is 13.3. The summed E-state index contributed by atoms with van der Waals surface area (Å²) in [5.41, 5.74) is 4.44. The van der Waals surface area contributed by atoms with Crippen molar-refractivity contribution in [3.63, 3.8) is 0 Å². The fourth-order valence-electron chi connectivity index (χ4n) is 5.54. The van der Waals surface area contributed by atoms with Crippen molar-refractivity contribution >= 4 is 11.7 Å². The van der Waals surface area contributed by atoms with Gasteiger partial charge >= 0.3 is 0 Å². The van der Waals surface area contributed by atoms with E-state index in [1.807, 2.05) is 29.2 Å². The third kappa shape index (κ3) is 5.60. The molecular formula is C30H40N4O3. The molecule has 4 rings (SSSR count). The van der Waals surface area contributed by atoms with Crippen molar-refractivity contribution in [1.82, 2.24) is 9.88 Å². The monoisotopic (exact) mass is 504 g/mol. The molecular weight excluding hydrogens is 464 g/mol. The van der Waals surface area contributed by atoms with E-state index in [1.54, 1.807) is 7.11 Å². The maximum atomic E-state index is 13.4. The number of hydrogen-bond donors (Lipinski definition) is 0. The number of carbonyl (C=O) groups is 1. The number of benzene rings is 1. The normalized spacial score (nSPS) is 19.1. The van der Waals surface area contributed by atoms with E-state index >= 15 is 0 Å². The average Bonchev–Trinajstić information content (AvgIpc) is 2.86. The summed E-state index contributed by atoms with van der Waals surface area (Å²) >= 11 is 0. The lowest BCUT2D eigenvalue weighted by molar-refractivity contribution is -0.134. The smallest absolute Gasteiger partial charge is 0.227 e. The highest BCUT2D eigenvalue weighted by Gasteiger charge is 2.37. The van der Waals surface area contributed by atoms with Crippen molar-refractivity contribution in [3.05, 3.63) is 52.2 Å². The van der Waals surface area contributed by atoms with E-state index < -0.39 is 0 Å². The molecule has 0 spiro atoms. The van der Waals surface area contributed by atoms with Gasteiger partial charge in [-0.15, -0.1) is 0 Å². The molecule has 1 saturated heterocycles. The summed E-state index contributed by atoms with van der Waals surface area (Å²) in [6, 6.07) is 10.2. The Labute approximate surface area is 221 Å². The number of nitrogens with zero attached hydrogens (tertiary/aromatic N) is 4. The number of anilines is 1. The van der Waals surface area contributed by atoms with Crippen LogP contribution in [-0.2, 0) is 29.0 Å². The van der Waals surface area contributed by atoms with Gasteiger partial charge in [-0.1, -0.05) is 39.8 Å². The second-order valence-corrected chi connectivity index (χ2v) is 11.5. The molecule has 198 valence electrons. The fourth-order valence-corrected chi connectivity index (χ4v) is 5.54. The molecule has 2 aliphatic heterocycles. The Kier molecular flexibility index (Phi) is 7.80. The van der Waals surface area contributed by atoms with E-state index in [9.17, 15) is 10.1 Å². The van der Waals surface area contributed by atoms with Crippen molar-refractivity contribution < 1.29 is 14.3 Å². The summed E-state index contributed by atoms with van der Waals surface area (Å²) in [6.07, 6.45) is 1.03. The molecule has 0 aliphatic carbocycles. The van der Waals surface area contributed by atoms with Gasteiger partial charge in [0.25, 0.3) is 0 Å². The minimum Gasteiger partial charge on any atom is -0.497 e. The second kappa shape index (κ2) is 10.7. The first-order valence-corrected chi connectivity index (χ1v) is 13.3. The van der Waals surface area contributed by atoms with Crippen LogP contribution in [0, 0.1) is 17.2 Å². The molecule has 7 heteroatoms. The number of methoxy groups -OCH3 is 1. The van der Waals surface area contributed by atoms with E-state index in [-0.39, 0.29) is 29.4 Å². The van der Waals surface area contributed by atoms with Crippen LogP contribution in [0.1, 0.15) is 75.4 Å². The first kappa shape index (κ1) is 26.9. The average molecular weight is 505 g/mol. The Balaban J connectivity index is 1.64. The Morgan fingerprint density at radius 1 is 1.24 bits per heavy atom. The van der Waals surface area contributed by atoms with Gasteiger partial charge in [-0.3, -0.25) is 4.79 Å².